The molecule has 1 fully saturated rings. The van der Waals surface area contributed by atoms with Crippen LogP contribution in [0.25, 0.3) is 0 Å². The van der Waals surface area contributed by atoms with Crippen LogP contribution >= 0.6 is 11.6 Å². The van der Waals surface area contributed by atoms with Crippen LogP contribution in [-0.4, -0.2) is 79.7 Å². The highest BCUT2D eigenvalue weighted by molar-refractivity contribution is 6.31. The van der Waals surface area contributed by atoms with Gasteiger partial charge in [-0.3, -0.25) is 14.7 Å². The topological polar surface area (TPSA) is 69.2 Å². The molecule has 1 saturated heterocycles. The van der Waals surface area contributed by atoms with E-state index in [2.05, 4.69) is 26.5 Å². The van der Waals surface area contributed by atoms with E-state index in [1.165, 1.54) is 0 Å². The van der Waals surface area contributed by atoms with Crippen LogP contribution in [0.5, 0.6) is 0 Å². The SMILES string of the molecule is COCC(C)NC(=O)CN1CCC2(CC1)Nc1cc(Cl)ccc1C1=NCCN12. The van der Waals surface area contributed by atoms with Gasteiger partial charge in [-0.15, -0.1) is 0 Å². The highest BCUT2D eigenvalue weighted by atomic mass is 35.5. The molecule has 4 rings (SSSR count). The van der Waals surface area contributed by atoms with Crippen LogP contribution in [0.4, 0.5) is 5.69 Å². The first kappa shape index (κ1) is 19.5. The Bertz CT molecular complexity index is 776. The van der Waals surface area contributed by atoms with Gasteiger partial charge in [0.25, 0.3) is 0 Å². The second kappa shape index (κ2) is 7.89. The maximum absolute atomic E-state index is 12.3. The summed E-state index contributed by atoms with van der Waals surface area (Å²) in [5.41, 5.74) is 2.04. The first-order valence-corrected chi connectivity index (χ1v) is 10.3. The maximum atomic E-state index is 12.3. The molecule has 28 heavy (non-hydrogen) atoms. The number of ether oxygens (including phenoxy) is 1. The number of hydrogen-bond donors (Lipinski definition) is 2. The molecular formula is C20H28ClN5O2. The Morgan fingerprint density at radius 1 is 1.39 bits per heavy atom. The van der Waals surface area contributed by atoms with Crippen LogP contribution < -0.4 is 10.6 Å². The molecule has 1 unspecified atom stereocenters. The molecule has 3 heterocycles. The number of likely N-dealkylation sites (tertiary alicyclic amines) is 1. The zero-order valence-corrected chi connectivity index (χ0v) is 17.3. The van der Waals surface area contributed by atoms with Gasteiger partial charge in [0.05, 0.1) is 19.7 Å². The quantitative estimate of drug-likeness (QED) is 0.781. The summed E-state index contributed by atoms with van der Waals surface area (Å²) in [6, 6.07) is 5.99. The number of fused-ring (bicyclic) bond motifs is 4. The van der Waals surface area contributed by atoms with Gasteiger partial charge < -0.3 is 20.3 Å². The van der Waals surface area contributed by atoms with Crippen molar-refractivity contribution < 1.29 is 9.53 Å². The number of aliphatic imine (C=N–C) groups is 1. The van der Waals surface area contributed by atoms with Crippen LogP contribution in [0.1, 0.15) is 25.3 Å². The third-order valence-electron chi connectivity index (χ3n) is 5.82. The molecule has 1 aromatic carbocycles. The first-order valence-electron chi connectivity index (χ1n) is 9.91. The Hall–Kier alpha value is -1.83. The van der Waals surface area contributed by atoms with Crippen LogP contribution in [0.2, 0.25) is 5.02 Å². The highest BCUT2D eigenvalue weighted by Crippen LogP contribution is 2.40. The number of benzene rings is 1. The number of carbonyl (C=O) groups is 1. The average molecular weight is 406 g/mol. The summed E-state index contributed by atoms with van der Waals surface area (Å²) in [5.74, 6) is 1.13. The molecule has 152 valence electrons. The third kappa shape index (κ3) is 3.71. The Morgan fingerprint density at radius 2 is 2.18 bits per heavy atom. The van der Waals surface area contributed by atoms with Crippen molar-refractivity contribution in [2.45, 2.75) is 31.5 Å². The second-order valence-electron chi connectivity index (χ2n) is 7.90. The summed E-state index contributed by atoms with van der Waals surface area (Å²) in [5, 5.41) is 7.48. The van der Waals surface area contributed by atoms with Gasteiger partial charge >= 0.3 is 0 Å². The summed E-state index contributed by atoms with van der Waals surface area (Å²) in [4.78, 5) is 21.7. The standard InChI is InChI=1S/C20H28ClN5O2/c1-14(13-28-2)23-18(27)12-25-8-5-20(6-9-25)24-17-11-15(21)3-4-16(17)19-22-7-10-26(19)20/h3-4,11,14,24H,5-10,12-13H2,1-2H3,(H,23,27). The molecule has 7 nitrogen and oxygen atoms in total. The predicted octanol–water partition coefficient (Wildman–Crippen LogP) is 1.77. The van der Waals surface area contributed by atoms with Crippen molar-refractivity contribution in [3.05, 3.63) is 28.8 Å². The van der Waals surface area contributed by atoms with E-state index >= 15 is 0 Å². The van der Waals surface area contributed by atoms with Gasteiger partial charge in [0.1, 0.15) is 11.5 Å². The molecule has 3 aliphatic rings. The number of amides is 1. The Labute approximate surface area is 171 Å². The van der Waals surface area contributed by atoms with E-state index in [4.69, 9.17) is 21.3 Å². The van der Waals surface area contributed by atoms with E-state index in [1.807, 2.05) is 19.1 Å². The number of piperidine rings is 1. The fourth-order valence-electron chi connectivity index (χ4n) is 4.52. The van der Waals surface area contributed by atoms with Gasteiger partial charge in [-0.2, -0.15) is 0 Å². The first-order chi connectivity index (χ1) is 13.5. The third-order valence-corrected chi connectivity index (χ3v) is 6.06. The van der Waals surface area contributed by atoms with Crippen LogP contribution in [0, 0.1) is 0 Å². The molecule has 1 amide bonds. The molecule has 0 saturated carbocycles. The van der Waals surface area contributed by atoms with Gasteiger partial charge in [0.15, 0.2) is 0 Å². The van der Waals surface area contributed by atoms with E-state index in [0.717, 1.165) is 61.1 Å². The zero-order chi connectivity index (χ0) is 19.7. The van der Waals surface area contributed by atoms with Crippen LogP contribution in [-0.2, 0) is 9.53 Å². The number of hydrogen-bond acceptors (Lipinski definition) is 6. The lowest BCUT2D eigenvalue weighted by Gasteiger charge is -2.52. The minimum Gasteiger partial charge on any atom is -0.383 e. The molecule has 8 heteroatoms. The molecule has 1 spiro atoms. The number of carbonyl (C=O) groups excluding carboxylic acids is 1. The number of anilines is 1. The number of nitrogens with zero attached hydrogens (tertiary/aromatic N) is 3. The molecular weight excluding hydrogens is 378 g/mol. The van der Waals surface area contributed by atoms with E-state index in [9.17, 15) is 4.79 Å². The molecule has 0 radical (unpaired) electrons. The lowest BCUT2D eigenvalue weighted by Crippen LogP contribution is -2.63. The smallest absolute Gasteiger partial charge is 0.234 e. The number of amidine groups is 1. The van der Waals surface area contributed by atoms with Crippen molar-refractivity contribution in [1.29, 1.82) is 0 Å². The highest BCUT2D eigenvalue weighted by Gasteiger charge is 2.46. The largest absolute Gasteiger partial charge is 0.383 e. The van der Waals surface area contributed by atoms with Crippen molar-refractivity contribution in [2.24, 2.45) is 4.99 Å². The fourth-order valence-corrected chi connectivity index (χ4v) is 4.69. The van der Waals surface area contributed by atoms with Crippen molar-refractivity contribution in [3.63, 3.8) is 0 Å². The van der Waals surface area contributed by atoms with Crippen molar-refractivity contribution in [3.8, 4) is 0 Å². The summed E-state index contributed by atoms with van der Waals surface area (Å²) in [6.45, 7) is 6.38. The Morgan fingerprint density at radius 3 is 2.93 bits per heavy atom. The van der Waals surface area contributed by atoms with Gasteiger partial charge in [-0.1, -0.05) is 11.6 Å². The van der Waals surface area contributed by atoms with E-state index in [1.54, 1.807) is 7.11 Å². The maximum Gasteiger partial charge on any atom is 0.234 e. The fraction of sp³-hybridized carbons (Fsp3) is 0.600. The zero-order valence-electron chi connectivity index (χ0n) is 16.5. The molecule has 0 aliphatic carbocycles. The second-order valence-corrected chi connectivity index (χ2v) is 8.34. The molecule has 0 bridgehead atoms. The minimum atomic E-state index is -0.149. The lowest BCUT2D eigenvalue weighted by atomic mass is 9.90. The lowest BCUT2D eigenvalue weighted by molar-refractivity contribution is -0.123. The number of methoxy groups -OCH3 is 1. The molecule has 0 aromatic heterocycles. The van der Waals surface area contributed by atoms with Gasteiger partial charge in [-0.05, 0) is 25.1 Å². The van der Waals surface area contributed by atoms with Crippen LogP contribution in [0.3, 0.4) is 0 Å². The number of rotatable bonds is 5. The molecule has 1 aromatic rings. The van der Waals surface area contributed by atoms with Crippen molar-refractivity contribution in [1.82, 2.24) is 15.1 Å². The summed E-state index contributed by atoms with van der Waals surface area (Å²) >= 11 is 6.24. The van der Waals surface area contributed by atoms with Gasteiger partial charge in [-0.25, -0.2) is 0 Å². The molecule has 1 atom stereocenters. The minimum absolute atomic E-state index is 0.0262. The summed E-state index contributed by atoms with van der Waals surface area (Å²) < 4.78 is 5.08. The monoisotopic (exact) mass is 405 g/mol. The normalized spacial score (nSPS) is 21.5. The summed E-state index contributed by atoms with van der Waals surface area (Å²) in [7, 11) is 1.64. The number of nitrogens with one attached hydrogen (secondary N) is 2. The van der Waals surface area contributed by atoms with Crippen LogP contribution in [0.15, 0.2) is 23.2 Å². The van der Waals surface area contributed by atoms with Crippen molar-refractivity contribution >= 4 is 29.0 Å². The Kier molecular flexibility index (Phi) is 5.49. The van der Waals surface area contributed by atoms with E-state index < -0.39 is 0 Å². The van der Waals surface area contributed by atoms with Crippen molar-refractivity contribution in [2.75, 3.05) is 51.8 Å². The van der Waals surface area contributed by atoms with Gasteiger partial charge in [0, 0.05) is 61.9 Å². The van der Waals surface area contributed by atoms with E-state index in [-0.39, 0.29) is 17.6 Å². The summed E-state index contributed by atoms with van der Waals surface area (Å²) in [6.07, 6.45) is 1.86. The Balaban J connectivity index is 1.42. The predicted molar refractivity (Wildman–Crippen MR) is 111 cm³/mol. The average Bonchev–Trinajstić information content (AvgIpc) is 3.14. The van der Waals surface area contributed by atoms with E-state index in [0.29, 0.717) is 13.2 Å². The molecule has 2 N–H and O–H groups in total. The number of halogens is 1. The van der Waals surface area contributed by atoms with Gasteiger partial charge in [0.2, 0.25) is 5.91 Å². The molecule has 3 aliphatic heterocycles.